The average Bonchev–Trinajstić information content (AvgIpc) is 2.56. The van der Waals surface area contributed by atoms with Crippen LogP contribution in [0.15, 0.2) is 15.7 Å². The molecule has 0 aromatic carbocycles. The highest BCUT2D eigenvalue weighted by Crippen LogP contribution is 2.13. The molecule has 0 spiro atoms. The maximum absolute atomic E-state index is 12.4. The molecule has 2 aromatic rings. The molecule has 0 fully saturated rings. The minimum absolute atomic E-state index is 0.0457. The lowest BCUT2D eigenvalue weighted by molar-refractivity contribution is -0.139. The highest BCUT2D eigenvalue weighted by Gasteiger charge is 2.22. The van der Waals surface area contributed by atoms with Crippen molar-refractivity contribution in [3.63, 3.8) is 0 Å². The topological polar surface area (TPSA) is 123 Å². The first-order valence-electron chi connectivity index (χ1n) is 7.80. The molecule has 1 unspecified atom stereocenters. The van der Waals surface area contributed by atoms with Crippen LogP contribution in [0.1, 0.15) is 35.8 Å². The maximum Gasteiger partial charge on any atom is 0.332 e. The molecule has 2 N–H and O–H groups in total. The molecule has 9 heteroatoms. The molecule has 0 saturated carbocycles. The van der Waals surface area contributed by atoms with E-state index in [1.54, 1.807) is 6.92 Å². The number of rotatable bonds is 5. The van der Waals surface area contributed by atoms with E-state index in [0.717, 1.165) is 4.57 Å². The van der Waals surface area contributed by atoms with E-state index in [9.17, 15) is 19.2 Å². The maximum atomic E-state index is 12.4. The van der Waals surface area contributed by atoms with Crippen LogP contribution < -0.4 is 16.6 Å². The van der Waals surface area contributed by atoms with E-state index >= 15 is 0 Å². The zero-order valence-electron chi connectivity index (χ0n) is 14.5. The predicted molar refractivity (Wildman–Crippen MR) is 90.8 cm³/mol. The van der Waals surface area contributed by atoms with Crippen LogP contribution in [0.2, 0.25) is 0 Å². The molecule has 134 valence electrons. The van der Waals surface area contributed by atoms with Crippen LogP contribution in [-0.4, -0.2) is 37.1 Å². The summed E-state index contributed by atoms with van der Waals surface area (Å²) in [7, 11) is 2.82. The molecule has 25 heavy (non-hydrogen) atoms. The number of nitrogens with zero attached hydrogens (tertiary/aromatic N) is 3. The van der Waals surface area contributed by atoms with Crippen molar-refractivity contribution in [2.24, 2.45) is 14.1 Å². The van der Waals surface area contributed by atoms with Crippen LogP contribution in [0.5, 0.6) is 0 Å². The molecule has 2 rings (SSSR count). The fourth-order valence-corrected chi connectivity index (χ4v) is 2.63. The number of hydrogen-bond acceptors (Lipinski definition) is 5. The van der Waals surface area contributed by atoms with Gasteiger partial charge in [-0.05, 0) is 25.0 Å². The number of nitrogens with one attached hydrogen (secondary N) is 1. The van der Waals surface area contributed by atoms with Gasteiger partial charge < -0.3 is 10.4 Å². The Morgan fingerprint density at radius 1 is 1.28 bits per heavy atom. The summed E-state index contributed by atoms with van der Waals surface area (Å²) in [6, 6.07) is 0.386. The second-order valence-electron chi connectivity index (χ2n) is 5.88. The van der Waals surface area contributed by atoms with Crippen molar-refractivity contribution >= 4 is 22.9 Å². The molecule has 0 radical (unpaired) electrons. The number of hydrogen-bond donors (Lipinski definition) is 2. The summed E-state index contributed by atoms with van der Waals surface area (Å²) >= 11 is 0. The predicted octanol–water partition coefficient (Wildman–Crippen LogP) is -0.0763. The minimum Gasteiger partial charge on any atom is -0.480 e. The molecular weight excluding hydrogens is 328 g/mol. The third-order valence-electron chi connectivity index (χ3n) is 4.02. The number of aromatic nitrogens is 3. The molecule has 0 aliphatic carbocycles. The van der Waals surface area contributed by atoms with Crippen LogP contribution in [0.25, 0.3) is 11.0 Å². The average molecular weight is 348 g/mol. The highest BCUT2D eigenvalue weighted by molar-refractivity contribution is 5.97. The van der Waals surface area contributed by atoms with Gasteiger partial charge in [-0.3, -0.25) is 18.7 Å². The van der Waals surface area contributed by atoms with Gasteiger partial charge in [-0.1, -0.05) is 13.3 Å². The number of carboxylic acid groups (broad SMARTS) is 1. The number of pyridine rings is 1. The monoisotopic (exact) mass is 348 g/mol. The number of amides is 1. The van der Waals surface area contributed by atoms with Crippen LogP contribution in [0.3, 0.4) is 0 Å². The SMILES string of the molecule is CCCC(NC(=O)c1cc(C)c2c(=O)n(C)c(=O)n(C)c2n1)C(=O)O. The normalized spacial score (nSPS) is 12.2. The zero-order chi connectivity index (χ0) is 18.9. The first-order valence-corrected chi connectivity index (χ1v) is 7.80. The van der Waals surface area contributed by atoms with E-state index in [-0.39, 0.29) is 23.1 Å². The molecule has 2 aromatic heterocycles. The Balaban J connectivity index is 2.58. The fourth-order valence-electron chi connectivity index (χ4n) is 2.63. The third-order valence-corrected chi connectivity index (χ3v) is 4.02. The lowest BCUT2D eigenvalue weighted by atomic mass is 10.1. The van der Waals surface area contributed by atoms with Crippen molar-refractivity contribution < 1.29 is 14.7 Å². The molecule has 9 nitrogen and oxygen atoms in total. The summed E-state index contributed by atoms with van der Waals surface area (Å²) in [6.07, 6.45) is 0.874. The summed E-state index contributed by atoms with van der Waals surface area (Å²) in [5.41, 5.74) is -0.536. The van der Waals surface area contributed by atoms with Gasteiger partial charge in [-0.15, -0.1) is 0 Å². The first kappa shape index (κ1) is 18.4. The van der Waals surface area contributed by atoms with Crippen molar-refractivity contribution in [3.05, 3.63) is 38.2 Å². The second-order valence-corrected chi connectivity index (χ2v) is 5.88. The lowest BCUT2D eigenvalue weighted by Gasteiger charge is -2.14. The summed E-state index contributed by atoms with van der Waals surface area (Å²) in [6.45, 7) is 3.44. The smallest absolute Gasteiger partial charge is 0.332 e. The Labute approximate surface area is 142 Å². The lowest BCUT2D eigenvalue weighted by Crippen LogP contribution is -2.41. The molecule has 0 saturated heterocycles. The summed E-state index contributed by atoms with van der Waals surface area (Å²) in [5.74, 6) is -1.80. The van der Waals surface area contributed by atoms with E-state index in [4.69, 9.17) is 5.11 Å². The van der Waals surface area contributed by atoms with E-state index in [0.29, 0.717) is 12.0 Å². The Kier molecular flexibility index (Phi) is 5.05. The van der Waals surface area contributed by atoms with Gasteiger partial charge in [-0.2, -0.15) is 0 Å². The first-order chi connectivity index (χ1) is 11.7. The molecule has 0 aliphatic heterocycles. The van der Waals surface area contributed by atoms with Gasteiger partial charge in [0.1, 0.15) is 17.4 Å². The third kappa shape index (κ3) is 3.30. The van der Waals surface area contributed by atoms with Gasteiger partial charge in [0.05, 0.1) is 5.39 Å². The second kappa shape index (κ2) is 6.88. The van der Waals surface area contributed by atoms with Crippen LogP contribution in [0, 0.1) is 6.92 Å². The summed E-state index contributed by atoms with van der Waals surface area (Å²) < 4.78 is 2.15. The Morgan fingerprint density at radius 3 is 2.48 bits per heavy atom. The standard InChI is InChI=1S/C16H20N4O5/c1-5-6-9(15(23)24)18-13(21)10-7-8(2)11-12(17-10)19(3)16(25)20(4)14(11)22/h7,9H,5-6H2,1-4H3,(H,18,21)(H,23,24). The minimum atomic E-state index is -1.13. The Bertz CT molecular complexity index is 973. The number of aliphatic carboxylic acids is 1. The summed E-state index contributed by atoms with van der Waals surface area (Å²) in [4.78, 5) is 52.0. The van der Waals surface area contributed by atoms with Gasteiger partial charge >= 0.3 is 11.7 Å². The van der Waals surface area contributed by atoms with Gasteiger partial charge in [0, 0.05) is 14.1 Å². The van der Waals surface area contributed by atoms with Gasteiger partial charge in [-0.25, -0.2) is 14.6 Å². The molecular formula is C16H20N4O5. The quantitative estimate of drug-likeness (QED) is 0.779. The molecule has 0 aliphatic rings. The molecule has 0 bridgehead atoms. The number of carboxylic acids is 1. The number of fused-ring (bicyclic) bond motifs is 1. The largest absolute Gasteiger partial charge is 0.480 e. The van der Waals surface area contributed by atoms with Crippen molar-refractivity contribution in [1.82, 2.24) is 19.4 Å². The fraction of sp³-hybridized carbons (Fsp3) is 0.438. The number of carbonyl (C=O) groups is 2. The zero-order valence-corrected chi connectivity index (χ0v) is 14.5. The van der Waals surface area contributed by atoms with Crippen LogP contribution in [0.4, 0.5) is 0 Å². The number of aryl methyl sites for hydroxylation is 2. The van der Waals surface area contributed by atoms with Gasteiger partial charge in [0.25, 0.3) is 11.5 Å². The molecule has 1 amide bonds. The van der Waals surface area contributed by atoms with Crippen LogP contribution in [-0.2, 0) is 18.9 Å². The van der Waals surface area contributed by atoms with Gasteiger partial charge in [0.2, 0.25) is 0 Å². The molecule has 2 heterocycles. The number of carbonyl (C=O) groups excluding carboxylic acids is 1. The summed E-state index contributed by atoms with van der Waals surface area (Å²) in [5, 5.41) is 11.8. The Hall–Kier alpha value is -2.97. The van der Waals surface area contributed by atoms with E-state index < -0.39 is 29.2 Å². The molecule has 1 atom stereocenters. The van der Waals surface area contributed by atoms with Crippen molar-refractivity contribution in [3.8, 4) is 0 Å². The van der Waals surface area contributed by atoms with Crippen molar-refractivity contribution in [2.75, 3.05) is 0 Å². The van der Waals surface area contributed by atoms with E-state index in [2.05, 4.69) is 10.3 Å². The van der Waals surface area contributed by atoms with Gasteiger partial charge in [0.15, 0.2) is 0 Å². The van der Waals surface area contributed by atoms with Crippen LogP contribution >= 0.6 is 0 Å². The van der Waals surface area contributed by atoms with E-state index in [1.165, 1.54) is 24.7 Å². The van der Waals surface area contributed by atoms with E-state index in [1.807, 2.05) is 6.92 Å². The van der Waals surface area contributed by atoms with Crippen molar-refractivity contribution in [2.45, 2.75) is 32.7 Å². The highest BCUT2D eigenvalue weighted by atomic mass is 16.4. The van der Waals surface area contributed by atoms with Crippen molar-refractivity contribution in [1.29, 1.82) is 0 Å². The Morgan fingerprint density at radius 2 is 1.92 bits per heavy atom.